The first-order valence-electron chi connectivity index (χ1n) is 8.94. The van der Waals surface area contributed by atoms with E-state index in [-0.39, 0.29) is 18.3 Å². The largest absolute Gasteiger partial charge is 0.464 e. The Morgan fingerprint density at radius 3 is 2.40 bits per heavy atom. The Morgan fingerprint density at radius 2 is 1.87 bits per heavy atom. The van der Waals surface area contributed by atoms with Gasteiger partial charge in [-0.15, -0.1) is 0 Å². The Balaban J connectivity index is 2.24. The first kappa shape index (κ1) is 22.9. The van der Waals surface area contributed by atoms with Gasteiger partial charge in [-0.2, -0.15) is 0 Å². The zero-order chi connectivity index (χ0) is 22.3. The SMILES string of the molecule is CC(=O)Nc1ccc(O[C@H]2OC(COC(C)=O)[C@@H](OC(C)=O)C(O)[C@H]2N=[N+]=[N-])cc1. The molecule has 30 heavy (non-hydrogen) atoms. The Hall–Kier alpha value is -3.34. The van der Waals surface area contributed by atoms with Gasteiger partial charge in [0, 0.05) is 31.4 Å². The van der Waals surface area contributed by atoms with Gasteiger partial charge in [-0.3, -0.25) is 14.4 Å². The van der Waals surface area contributed by atoms with Gasteiger partial charge in [0.05, 0.1) is 0 Å². The van der Waals surface area contributed by atoms with E-state index in [1.807, 2.05) is 0 Å². The highest BCUT2D eigenvalue weighted by molar-refractivity contribution is 5.88. The third kappa shape index (κ3) is 6.34. The zero-order valence-corrected chi connectivity index (χ0v) is 16.5. The number of nitrogens with one attached hydrogen (secondary N) is 1. The summed E-state index contributed by atoms with van der Waals surface area (Å²) in [5, 5.41) is 16.8. The van der Waals surface area contributed by atoms with Crippen LogP contribution in [0.15, 0.2) is 29.4 Å². The van der Waals surface area contributed by atoms with Gasteiger partial charge >= 0.3 is 11.9 Å². The average Bonchev–Trinajstić information content (AvgIpc) is 2.66. The molecule has 5 atom stereocenters. The van der Waals surface area contributed by atoms with Gasteiger partial charge in [-0.25, -0.2) is 0 Å². The molecule has 12 heteroatoms. The molecule has 1 aromatic carbocycles. The summed E-state index contributed by atoms with van der Waals surface area (Å²) in [5.74, 6) is -1.26. The lowest BCUT2D eigenvalue weighted by Gasteiger charge is -2.41. The number of esters is 2. The molecule has 1 aromatic rings. The second-order valence-corrected chi connectivity index (χ2v) is 6.43. The number of hydrogen-bond acceptors (Lipinski definition) is 9. The lowest BCUT2D eigenvalue weighted by Crippen LogP contribution is -2.60. The second-order valence-electron chi connectivity index (χ2n) is 6.43. The Labute approximate surface area is 171 Å². The van der Waals surface area contributed by atoms with Crippen molar-refractivity contribution in [3.63, 3.8) is 0 Å². The topological polar surface area (TPSA) is 169 Å². The predicted molar refractivity (Wildman–Crippen MR) is 101 cm³/mol. The molecule has 2 N–H and O–H groups in total. The molecule has 0 aromatic heterocycles. The number of nitrogens with zero attached hydrogens (tertiary/aromatic N) is 3. The van der Waals surface area contributed by atoms with Crippen molar-refractivity contribution < 1.29 is 38.4 Å². The lowest BCUT2D eigenvalue weighted by molar-refractivity contribution is -0.248. The van der Waals surface area contributed by atoms with Crippen molar-refractivity contribution in [1.29, 1.82) is 0 Å². The molecule has 0 spiro atoms. The molecule has 12 nitrogen and oxygen atoms in total. The molecule has 2 rings (SSSR count). The van der Waals surface area contributed by atoms with E-state index in [0.29, 0.717) is 5.69 Å². The fourth-order valence-electron chi connectivity index (χ4n) is 2.81. The lowest BCUT2D eigenvalue weighted by atomic mass is 9.97. The maximum absolute atomic E-state index is 11.4. The van der Waals surface area contributed by atoms with E-state index in [9.17, 15) is 19.5 Å². The summed E-state index contributed by atoms with van der Waals surface area (Å²) in [4.78, 5) is 36.4. The summed E-state index contributed by atoms with van der Waals surface area (Å²) in [6.45, 7) is 3.37. The highest BCUT2D eigenvalue weighted by Crippen LogP contribution is 2.29. The number of carbonyl (C=O) groups is 3. The molecule has 1 amide bonds. The van der Waals surface area contributed by atoms with Crippen LogP contribution >= 0.6 is 0 Å². The molecule has 1 heterocycles. The van der Waals surface area contributed by atoms with Crippen LogP contribution in [0.1, 0.15) is 20.8 Å². The Morgan fingerprint density at radius 1 is 1.20 bits per heavy atom. The number of rotatable bonds is 7. The first-order chi connectivity index (χ1) is 14.2. The Kier molecular flexibility index (Phi) is 7.98. The predicted octanol–water partition coefficient (Wildman–Crippen LogP) is 1.28. The molecule has 1 aliphatic rings. The molecule has 1 saturated heterocycles. The summed E-state index contributed by atoms with van der Waals surface area (Å²) in [5.41, 5.74) is 9.41. The highest BCUT2D eigenvalue weighted by atomic mass is 16.7. The third-order valence-electron chi connectivity index (χ3n) is 4.01. The molecule has 0 saturated carbocycles. The molecule has 2 unspecified atom stereocenters. The molecular weight excluding hydrogens is 400 g/mol. The number of anilines is 1. The van der Waals surface area contributed by atoms with Crippen molar-refractivity contribution >= 4 is 23.5 Å². The van der Waals surface area contributed by atoms with Crippen molar-refractivity contribution in [2.24, 2.45) is 5.11 Å². The van der Waals surface area contributed by atoms with E-state index in [4.69, 9.17) is 24.5 Å². The number of aliphatic hydroxyl groups is 1. The van der Waals surface area contributed by atoms with Crippen LogP contribution in [0.25, 0.3) is 10.4 Å². The van der Waals surface area contributed by atoms with Crippen LogP contribution in [0, 0.1) is 0 Å². The number of benzene rings is 1. The molecular formula is C18H22N4O8. The Bertz CT molecular complexity index is 824. The van der Waals surface area contributed by atoms with Crippen LogP contribution < -0.4 is 10.1 Å². The normalized spacial score (nSPS) is 25.4. The smallest absolute Gasteiger partial charge is 0.303 e. The molecule has 0 aliphatic carbocycles. The maximum Gasteiger partial charge on any atom is 0.303 e. The van der Waals surface area contributed by atoms with Crippen molar-refractivity contribution in [1.82, 2.24) is 0 Å². The standard InChI is InChI=1S/C18H22N4O8/c1-9(23)20-12-4-6-13(7-5-12)29-18-15(21-22-19)16(26)17(28-11(3)25)14(30-18)8-27-10(2)24/h4-7,14-18,26H,8H2,1-3H3,(H,20,23)/t14?,15-,16?,17-,18+/m1/s1. The highest BCUT2D eigenvalue weighted by Gasteiger charge is 2.48. The number of hydrogen-bond donors (Lipinski definition) is 2. The van der Waals surface area contributed by atoms with Gasteiger partial charge in [0.1, 0.15) is 30.6 Å². The summed E-state index contributed by atoms with van der Waals surface area (Å²) < 4.78 is 21.4. The zero-order valence-electron chi connectivity index (χ0n) is 16.5. The first-order valence-corrected chi connectivity index (χ1v) is 8.94. The van der Waals surface area contributed by atoms with Gasteiger partial charge in [0.25, 0.3) is 0 Å². The van der Waals surface area contributed by atoms with Crippen LogP contribution in [-0.4, -0.2) is 60.2 Å². The number of azide groups is 1. The van der Waals surface area contributed by atoms with E-state index in [0.717, 1.165) is 6.92 Å². The van der Waals surface area contributed by atoms with Crippen LogP contribution in [0.4, 0.5) is 5.69 Å². The fourth-order valence-corrected chi connectivity index (χ4v) is 2.81. The fraction of sp³-hybridized carbons (Fsp3) is 0.500. The molecule has 1 fully saturated rings. The van der Waals surface area contributed by atoms with Crippen molar-refractivity contribution in [2.45, 2.75) is 51.4 Å². The number of ether oxygens (including phenoxy) is 4. The number of carbonyl (C=O) groups excluding carboxylic acids is 3. The third-order valence-corrected chi connectivity index (χ3v) is 4.01. The quantitative estimate of drug-likeness (QED) is 0.286. The van der Waals surface area contributed by atoms with Crippen molar-refractivity contribution in [3.8, 4) is 5.75 Å². The summed E-state index contributed by atoms with van der Waals surface area (Å²) in [6, 6.07) is 4.97. The van der Waals surface area contributed by atoms with E-state index in [1.165, 1.54) is 26.0 Å². The molecule has 0 radical (unpaired) electrons. The minimum absolute atomic E-state index is 0.240. The van der Waals surface area contributed by atoms with Gasteiger partial charge < -0.3 is 29.4 Å². The number of amides is 1. The summed E-state index contributed by atoms with van der Waals surface area (Å²) in [6.07, 6.45) is -5.07. The average molecular weight is 422 g/mol. The van der Waals surface area contributed by atoms with Crippen LogP contribution in [-0.2, 0) is 28.6 Å². The molecule has 162 valence electrons. The minimum atomic E-state index is -1.48. The van der Waals surface area contributed by atoms with Gasteiger partial charge in [-0.05, 0) is 29.8 Å². The van der Waals surface area contributed by atoms with Crippen LogP contribution in [0.3, 0.4) is 0 Å². The monoisotopic (exact) mass is 422 g/mol. The number of aliphatic hydroxyl groups excluding tert-OH is 1. The minimum Gasteiger partial charge on any atom is -0.464 e. The van der Waals surface area contributed by atoms with Gasteiger partial charge in [0.2, 0.25) is 12.2 Å². The van der Waals surface area contributed by atoms with Crippen molar-refractivity contribution in [2.75, 3.05) is 11.9 Å². The van der Waals surface area contributed by atoms with Gasteiger partial charge in [-0.1, -0.05) is 5.11 Å². The molecule has 0 bridgehead atoms. The second kappa shape index (κ2) is 10.4. The van der Waals surface area contributed by atoms with E-state index >= 15 is 0 Å². The van der Waals surface area contributed by atoms with Crippen LogP contribution in [0.2, 0.25) is 0 Å². The van der Waals surface area contributed by atoms with E-state index < -0.39 is 42.6 Å². The summed E-state index contributed by atoms with van der Waals surface area (Å²) in [7, 11) is 0. The molecule has 1 aliphatic heterocycles. The van der Waals surface area contributed by atoms with E-state index in [1.54, 1.807) is 12.1 Å². The maximum atomic E-state index is 11.4. The summed E-state index contributed by atoms with van der Waals surface area (Å²) >= 11 is 0. The van der Waals surface area contributed by atoms with Crippen molar-refractivity contribution in [3.05, 3.63) is 34.7 Å². The van der Waals surface area contributed by atoms with Gasteiger partial charge in [0.15, 0.2) is 6.10 Å². The van der Waals surface area contributed by atoms with Crippen LogP contribution in [0.5, 0.6) is 5.75 Å². The van der Waals surface area contributed by atoms with E-state index in [2.05, 4.69) is 15.3 Å².